The van der Waals surface area contributed by atoms with Gasteiger partial charge in [-0.3, -0.25) is 0 Å². The summed E-state index contributed by atoms with van der Waals surface area (Å²) in [5.74, 6) is -19.2. The zero-order valence-corrected chi connectivity index (χ0v) is 17.6. The molecule has 0 aromatic heterocycles. The van der Waals surface area contributed by atoms with Crippen molar-refractivity contribution in [3.8, 4) is 0 Å². The van der Waals surface area contributed by atoms with Crippen molar-refractivity contribution in [3.63, 3.8) is 0 Å². The van der Waals surface area contributed by atoms with Crippen molar-refractivity contribution in [1.29, 1.82) is 0 Å². The van der Waals surface area contributed by atoms with Gasteiger partial charge in [-0.1, -0.05) is 36.4 Å². The van der Waals surface area contributed by atoms with Crippen LogP contribution in [0.3, 0.4) is 0 Å². The summed E-state index contributed by atoms with van der Waals surface area (Å²) < 4.78 is 104. The highest BCUT2D eigenvalue weighted by Crippen LogP contribution is 2.33. The molecule has 0 atom stereocenters. The molecule has 174 valence electrons. The lowest BCUT2D eigenvalue weighted by Gasteiger charge is -2.08. The van der Waals surface area contributed by atoms with Gasteiger partial charge < -0.3 is 0 Å². The minimum absolute atomic E-state index is 1.32. The van der Waals surface area contributed by atoms with Gasteiger partial charge in [-0.05, 0) is 58.7 Å². The molecule has 0 saturated carbocycles. The van der Waals surface area contributed by atoms with Gasteiger partial charge in [-0.15, -0.1) is 0 Å². The van der Waals surface area contributed by atoms with Crippen molar-refractivity contribution < 1.29 is 35.1 Å². The first kappa shape index (κ1) is 23.5. The second-order valence-electron chi connectivity index (χ2n) is 7.69. The van der Waals surface area contributed by atoms with Crippen LogP contribution in [0.1, 0.15) is 11.1 Å². The van der Waals surface area contributed by atoms with Gasteiger partial charge in [-0.2, -0.15) is 0 Å². The summed E-state index contributed by atoms with van der Waals surface area (Å²) in [6, 6.07) is 17.5. The van der Waals surface area contributed by atoms with E-state index in [0.29, 0.717) is 0 Å². The van der Waals surface area contributed by atoms with Crippen molar-refractivity contribution in [1.82, 2.24) is 0 Å². The molecule has 0 fully saturated rings. The number of benzene rings is 5. The van der Waals surface area contributed by atoms with Crippen molar-refractivity contribution in [3.05, 3.63) is 106 Å². The summed E-state index contributed by atoms with van der Waals surface area (Å²) in [6.07, 6.45) is 0. The monoisotopic (exact) mass is 478 g/mol. The van der Waals surface area contributed by atoms with Gasteiger partial charge >= 0.3 is 0 Å². The minimum atomic E-state index is -2.45. The zero-order valence-electron chi connectivity index (χ0n) is 17.6. The average molecular weight is 478 g/mol. The summed E-state index contributed by atoms with van der Waals surface area (Å²) in [5, 5.41) is 1.69. The number of aryl methyl sites for hydroxylation is 2. The Kier molecular flexibility index (Phi) is 5.93. The highest BCUT2D eigenvalue weighted by molar-refractivity contribution is 5.99. The summed E-state index contributed by atoms with van der Waals surface area (Å²) in [4.78, 5) is 0. The minimum Gasteiger partial charge on any atom is -0.203 e. The van der Waals surface area contributed by atoms with E-state index in [1.807, 2.05) is 0 Å². The molecule has 0 aliphatic rings. The lowest BCUT2D eigenvalue weighted by Crippen LogP contribution is -2.06. The molecule has 5 rings (SSSR count). The maximum absolute atomic E-state index is 13.1. The summed E-state index contributed by atoms with van der Waals surface area (Å²) in [5.41, 5.74) is 2.76. The molecule has 0 aliphatic heterocycles. The first-order valence-electron chi connectivity index (χ1n) is 9.90. The van der Waals surface area contributed by atoms with Crippen LogP contribution in [0.25, 0.3) is 32.3 Å². The molecule has 0 aliphatic carbocycles. The molecule has 0 amide bonds. The molecule has 5 aromatic rings. The summed E-state index contributed by atoms with van der Waals surface area (Å²) >= 11 is 0. The van der Waals surface area contributed by atoms with Gasteiger partial charge in [0.1, 0.15) is 0 Å². The van der Waals surface area contributed by atoms with Crippen LogP contribution >= 0.6 is 0 Å². The first-order valence-corrected chi connectivity index (χ1v) is 9.90. The van der Waals surface area contributed by atoms with E-state index in [0.717, 1.165) is 0 Å². The van der Waals surface area contributed by atoms with Crippen LogP contribution in [-0.4, -0.2) is 0 Å². The molecule has 8 heteroatoms. The molecule has 0 nitrogen and oxygen atoms in total. The third kappa shape index (κ3) is 3.63. The Labute approximate surface area is 188 Å². The van der Waals surface area contributed by atoms with Crippen molar-refractivity contribution in [2.45, 2.75) is 13.8 Å². The number of rotatable bonds is 0. The van der Waals surface area contributed by atoms with E-state index < -0.39 is 57.3 Å². The quantitative estimate of drug-likeness (QED) is 0.0905. The average Bonchev–Trinajstić information content (AvgIpc) is 2.84. The molecular formula is C26H14F8. The zero-order chi connectivity index (χ0) is 24.9. The largest absolute Gasteiger partial charge is 0.203 e. The molecule has 0 N–H and O–H groups in total. The van der Waals surface area contributed by atoms with Crippen molar-refractivity contribution >= 4 is 32.3 Å². The fourth-order valence-electron chi connectivity index (χ4n) is 3.73. The number of fused-ring (bicyclic) bond motifs is 3. The molecule has 0 radical (unpaired) electrons. The Hall–Kier alpha value is -3.68. The van der Waals surface area contributed by atoms with Crippen LogP contribution in [0.4, 0.5) is 35.1 Å². The van der Waals surface area contributed by atoms with Crippen molar-refractivity contribution in [2.75, 3.05) is 0 Å². The fourth-order valence-corrected chi connectivity index (χ4v) is 3.73. The Morgan fingerprint density at radius 3 is 1.29 bits per heavy atom. The topological polar surface area (TPSA) is 0 Å². The van der Waals surface area contributed by atoms with Crippen LogP contribution < -0.4 is 0 Å². The van der Waals surface area contributed by atoms with Gasteiger partial charge in [-0.25, -0.2) is 35.1 Å². The second kappa shape index (κ2) is 8.59. The third-order valence-electron chi connectivity index (χ3n) is 5.71. The normalized spacial score (nSPS) is 11.2. The molecular weight excluding hydrogens is 464 g/mol. The van der Waals surface area contributed by atoms with Crippen molar-refractivity contribution in [2.24, 2.45) is 0 Å². The van der Waals surface area contributed by atoms with Gasteiger partial charge in [0.2, 0.25) is 0 Å². The predicted octanol–water partition coefficient (Wildman–Crippen LogP) is 8.56. The molecule has 0 saturated heterocycles. The van der Waals surface area contributed by atoms with E-state index >= 15 is 0 Å². The van der Waals surface area contributed by atoms with Crippen LogP contribution in [0.15, 0.2) is 48.5 Å². The lowest BCUT2D eigenvalue weighted by atomic mass is 9.97. The number of hydrogen-bond acceptors (Lipinski definition) is 0. The lowest BCUT2D eigenvalue weighted by molar-refractivity contribution is 0.395. The molecule has 0 unspecified atom stereocenters. The third-order valence-corrected chi connectivity index (χ3v) is 5.71. The van der Waals surface area contributed by atoms with Crippen LogP contribution in [0, 0.1) is 60.4 Å². The Morgan fingerprint density at radius 2 is 0.853 bits per heavy atom. The first-order chi connectivity index (χ1) is 16.0. The van der Waals surface area contributed by atoms with E-state index in [1.54, 1.807) is 0 Å². The standard InChI is InChI=1S/C16H14.C10F8/c1-11-7-8-15-9-13-5-3-4-6-14(13)10-16(15)12(11)2;11-3-1-2(5(13)9(17)7(3)15)6(14)10(18)8(16)4(1)12/h3-10H,1-2H3;. The highest BCUT2D eigenvalue weighted by atomic mass is 19.2. The summed E-state index contributed by atoms with van der Waals surface area (Å²) in [7, 11) is 0. The maximum atomic E-state index is 13.1. The smallest absolute Gasteiger partial charge is 0.198 e. The molecule has 34 heavy (non-hydrogen) atoms. The van der Waals surface area contributed by atoms with E-state index in [1.165, 1.54) is 32.7 Å². The SMILES string of the molecule is Cc1ccc2cc3ccccc3cc2c1C.Fc1c(F)c(F)c2c(F)c(F)c(F)c(F)c2c1F. The Balaban J connectivity index is 0.000000162. The van der Waals surface area contributed by atoms with E-state index in [2.05, 4.69) is 62.4 Å². The molecule has 0 heterocycles. The number of halogens is 8. The molecule has 0 bridgehead atoms. The number of hydrogen-bond donors (Lipinski definition) is 0. The van der Waals surface area contributed by atoms with Gasteiger partial charge in [0.05, 0.1) is 10.8 Å². The maximum Gasteiger partial charge on any atom is 0.198 e. The van der Waals surface area contributed by atoms with E-state index in [4.69, 9.17) is 0 Å². The van der Waals surface area contributed by atoms with Crippen LogP contribution in [0.5, 0.6) is 0 Å². The van der Waals surface area contributed by atoms with Gasteiger partial charge in [0, 0.05) is 0 Å². The van der Waals surface area contributed by atoms with E-state index in [9.17, 15) is 35.1 Å². The van der Waals surface area contributed by atoms with E-state index in [-0.39, 0.29) is 0 Å². The van der Waals surface area contributed by atoms with Crippen LogP contribution in [0.2, 0.25) is 0 Å². The van der Waals surface area contributed by atoms with Crippen LogP contribution in [-0.2, 0) is 0 Å². The van der Waals surface area contributed by atoms with Gasteiger partial charge in [0.15, 0.2) is 46.5 Å². The Morgan fingerprint density at radius 1 is 0.441 bits per heavy atom. The second-order valence-corrected chi connectivity index (χ2v) is 7.69. The molecule has 0 spiro atoms. The fraction of sp³-hybridized carbons (Fsp3) is 0.0769. The Bertz CT molecular complexity index is 1490. The summed E-state index contributed by atoms with van der Waals surface area (Å²) in [6.45, 7) is 4.37. The molecule has 5 aromatic carbocycles. The highest BCUT2D eigenvalue weighted by Gasteiger charge is 2.30. The predicted molar refractivity (Wildman–Crippen MR) is 115 cm³/mol. The van der Waals surface area contributed by atoms with Gasteiger partial charge in [0.25, 0.3) is 0 Å².